The van der Waals surface area contributed by atoms with E-state index in [1.165, 1.54) is 0 Å². The van der Waals surface area contributed by atoms with Crippen molar-refractivity contribution < 1.29 is 9.09 Å². The summed E-state index contributed by atoms with van der Waals surface area (Å²) in [6.45, 7) is 11.2. The summed E-state index contributed by atoms with van der Waals surface area (Å²) in [6.07, 6.45) is 1.79. The van der Waals surface area contributed by atoms with Gasteiger partial charge in [0.25, 0.3) is 0 Å². The van der Waals surface area contributed by atoms with Crippen molar-refractivity contribution in [3.05, 3.63) is 0 Å². The molecular formula is C10H22O2P+. The lowest BCUT2D eigenvalue weighted by Crippen LogP contribution is -2.12. The van der Waals surface area contributed by atoms with E-state index in [0.29, 0.717) is 24.1 Å². The second kappa shape index (κ2) is 5.72. The van der Waals surface area contributed by atoms with Crippen LogP contribution in [0.1, 0.15) is 41.0 Å². The van der Waals surface area contributed by atoms with Crippen LogP contribution in [-0.2, 0) is 9.09 Å². The van der Waals surface area contributed by atoms with Gasteiger partial charge in [-0.3, -0.25) is 0 Å². The zero-order valence-corrected chi connectivity index (χ0v) is 10.4. The van der Waals surface area contributed by atoms with Crippen LogP contribution in [-0.4, -0.2) is 12.8 Å². The molecule has 0 bridgehead atoms. The first-order valence-electron chi connectivity index (χ1n) is 4.92. The fourth-order valence-corrected chi connectivity index (χ4v) is 2.59. The first kappa shape index (κ1) is 13.1. The Hall–Kier alpha value is 0.0600. The SMILES string of the molecule is CCO[P+](=O)CC(C)CC(C)(C)C. The zero-order valence-electron chi connectivity index (χ0n) is 9.46. The fourth-order valence-electron chi connectivity index (χ4n) is 1.56. The van der Waals surface area contributed by atoms with Crippen LogP contribution in [0, 0.1) is 11.3 Å². The maximum atomic E-state index is 11.3. The Morgan fingerprint density at radius 2 is 1.92 bits per heavy atom. The minimum Gasteiger partial charge on any atom is -0.147 e. The molecule has 0 aliphatic rings. The van der Waals surface area contributed by atoms with E-state index in [4.69, 9.17) is 4.52 Å². The molecule has 13 heavy (non-hydrogen) atoms. The van der Waals surface area contributed by atoms with Crippen molar-refractivity contribution in [2.45, 2.75) is 41.0 Å². The molecule has 0 saturated heterocycles. The van der Waals surface area contributed by atoms with Crippen molar-refractivity contribution in [3.63, 3.8) is 0 Å². The summed E-state index contributed by atoms with van der Waals surface area (Å²) in [5.74, 6) is 0.482. The van der Waals surface area contributed by atoms with Crippen molar-refractivity contribution in [2.24, 2.45) is 11.3 Å². The molecule has 0 aromatic heterocycles. The maximum absolute atomic E-state index is 11.3. The molecule has 0 aromatic rings. The summed E-state index contributed by atoms with van der Waals surface area (Å²) in [5.41, 5.74) is 0.321. The van der Waals surface area contributed by atoms with Crippen molar-refractivity contribution in [2.75, 3.05) is 12.8 Å². The molecule has 0 N–H and O–H groups in total. The van der Waals surface area contributed by atoms with E-state index in [2.05, 4.69) is 27.7 Å². The molecule has 0 spiro atoms. The topological polar surface area (TPSA) is 26.3 Å². The summed E-state index contributed by atoms with van der Waals surface area (Å²) in [7, 11) is -1.42. The molecule has 0 saturated carbocycles. The molecule has 0 aliphatic heterocycles. The molecule has 0 aromatic carbocycles. The molecule has 0 heterocycles. The van der Waals surface area contributed by atoms with E-state index >= 15 is 0 Å². The Balaban J connectivity index is 3.74. The zero-order chi connectivity index (χ0) is 10.5. The molecule has 0 rings (SSSR count). The quantitative estimate of drug-likeness (QED) is 0.637. The Labute approximate surface area is 82.9 Å². The van der Waals surface area contributed by atoms with Gasteiger partial charge in [0.15, 0.2) is 6.16 Å². The predicted molar refractivity (Wildman–Crippen MR) is 57.3 cm³/mol. The van der Waals surface area contributed by atoms with Crippen LogP contribution in [0.4, 0.5) is 0 Å². The van der Waals surface area contributed by atoms with Gasteiger partial charge in [0.1, 0.15) is 0 Å². The first-order valence-corrected chi connectivity index (χ1v) is 6.29. The molecule has 78 valence electrons. The van der Waals surface area contributed by atoms with Crippen LogP contribution >= 0.6 is 8.03 Å². The molecule has 2 unspecified atom stereocenters. The molecular weight excluding hydrogens is 183 g/mol. The van der Waals surface area contributed by atoms with Gasteiger partial charge < -0.3 is 0 Å². The van der Waals surface area contributed by atoms with Crippen molar-refractivity contribution in [1.29, 1.82) is 0 Å². The highest BCUT2D eigenvalue weighted by Crippen LogP contribution is 2.31. The van der Waals surface area contributed by atoms with E-state index in [9.17, 15) is 4.57 Å². The lowest BCUT2D eigenvalue weighted by molar-refractivity contribution is 0.308. The Kier molecular flexibility index (Phi) is 5.75. The number of hydrogen-bond donors (Lipinski definition) is 0. The average molecular weight is 205 g/mol. The minimum absolute atomic E-state index is 0.321. The van der Waals surface area contributed by atoms with Gasteiger partial charge in [-0.25, -0.2) is 0 Å². The van der Waals surface area contributed by atoms with Gasteiger partial charge in [0.05, 0.1) is 6.61 Å². The van der Waals surface area contributed by atoms with Crippen LogP contribution in [0.2, 0.25) is 0 Å². The second-order valence-corrected chi connectivity index (χ2v) is 6.09. The molecule has 0 radical (unpaired) electrons. The second-order valence-electron chi connectivity index (χ2n) is 4.80. The van der Waals surface area contributed by atoms with Gasteiger partial charge in [-0.15, -0.1) is 4.52 Å². The largest absolute Gasteiger partial charge is 0.508 e. The van der Waals surface area contributed by atoms with Crippen LogP contribution < -0.4 is 0 Å². The lowest BCUT2D eigenvalue weighted by Gasteiger charge is -2.20. The Bertz CT molecular complexity index is 161. The molecule has 3 heteroatoms. The molecule has 2 atom stereocenters. The third-order valence-corrected chi connectivity index (χ3v) is 3.16. The molecule has 0 fully saturated rings. The third-order valence-electron chi connectivity index (χ3n) is 1.69. The van der Waals surface area contributed by atoms with E-state index in [1.54, 1.807) is 0 Å². The van der Waals surface area contributed by atoms with Gasteiger partial charge in [0, 0.05) is 5.92 Å². The smallest absolute Gasteiger partial charge is 0.147 e. The summed E-state index contributed by atoms with van der Waals surface area (Å²) < 4.78 is 16.3. The van der Waals surface area contributed by atoms with Gasteiger partial charge >= 0.3 is 8.03 Å². The normalized spacial score (nSPS) is 15.6. The summed E-state index contributed by atoms with van der Waals surface area (Å²) in [4.78, 5) is 0. The van der Waals surface area contributed by atoms with Gasteiger partial charge in [-0.1, -0.05) is 27.7 Å². The van der Waals surface area contributed by atoms with Gasteiger partial charge in [-0.05, 0) is 23.3 Å². The third kappa shape index (κ3) is 8.39. The van der Waals surface area contributed by atoms with E-state index in [-0.39, 0.29) is 0 Å². The van der Waals surface area contributed by atoms with Crippen LogP contribution in [0.25, 0.3) is 0 Å². The molecule has 0 amide bonds. The monoisotopic (exact) mass is 205 g/mol. The Morgan fingerprint density at radius 3 is 2.31 bits per heavy atom. The van der Waals surface area contributed by atoms with Gasteiger partial charge in [-0.2, -0.15) is 0 Å². The lowest BCUT2D eigenvalue weighted by atomic mass is 9.86. The summed E-state index contributed by atoms with van der Waals surface area (Å²) in [6, 6.07) is 0. The van der Waals surface area contributed by atoms with Gasteiger partial charge in [0.2, 0.25) is 0 Å². The fraction of sp³-hybridized carbons (Fsp3) is 1.00. The molecule has 0 aliphatic carbocycles. The summed E-state index contributed by atoms with van der Waals surface area (Å²) >= 11 is 0. The molecule has 2 nitrogen and oxygen atoms in total. The highest BCUT2D eigenvalue weighted by Gasteiger charge is 2.24. The van der Waals surface area contributed by atoms with E-state index in [0.717, 1.165) is 6.42 Å². The van der Waals surface area contributed by atoms with E-state index in [1.807, 2.05) is 6.92 Å². The average Bonchev–Trinajstić information content (AvgIpc) is 1.81. The van der Waals surface area contributed by atoms with Crippen molar-refractivity contribution in [3.8, 4) is 0 Å². The minimum atomic E-state index is -1.42. The number of rotatable bonds is 5. The summed E-state index contributed by atoms with van der Waals surface area (Å²) in [5, 5.41) is 0. The predicted octanol–water partition coefficient (Wildman–Crippen LogP) is 3.84. The van der Waals surface area contributed by atoms with Crippen LogP contribution in [0.3, 0.4) is 0 Å². The first-order chi connectivity index (χ1) is 5.85. The maximum Gasteiger partial charge on any atom is 0.508 e. The van der Waals surface area contributed by atoms with Crippen LogP contribution in [0.5, 0.6) is 0 Å². The highest BCUT2D eigenvalue weighted by molar-refractivity contribution is 7.39. The highest BCUT2D eigenvalue weighted by atomic mass is 31.1. The van der Waals surface area contributed by atoms with E-state index < -0.39 is 8.03 Å². The van der Waals surface area contributed by atoms with Crippen LogP contribution in [0.15, 0.2) is 0 Å². The Morgan fingerprint density at radius 1 is 1.38 bits per heavy atom. The van der Waals surface area contributed by atoms with Crippen molar-refractivity contribution >= 4 is 8.03 Å². The number of hydrogen-bond acceptors (Lipinski definition) is 2. The standard InChI is InChI=1S/C10H22O2P/c1-6-12-13(11)8-9(2)7-10(3,4)5/h9H,6-8H2,1-5H3/q+1. The van der Waals surface area contributed by atoms with Crippen molar-refractivity contribution in [1.82, 2.24) is 0 Å².